The van der Waals surface area contributed by atoms with E-state index in [1.807, 2.05) is 84.2 Å². The molecule has 0 radical (unpaired) electrons. The molecular weight excluding hydrogens is 438 g/mol. The molecule has 0 unspecified atom stereocenters. The van der Waals surface area contributed by atoms with Crippen LogP contribution in [-0.4, -0.2) is 11.0 Å². The van der Waals surface area contributed by atoms with Gasteiger partial charge in [-0.05, 0) is 22.3 Å². The van der Waals surface area contributed by atoms with Gasteiger partial charge in [0.1, 0.15) is 0 Å². The summed E-state index contributed by atoms with van der Waals surface area (Å²) < 4.78 is 0. The molecule has 0 spiro atoms. The summed E-state index contributed by atoms with van der Waals surface area (Å²) >= 11 is 1.41. The Hall–Kier alpha value is -4.22. The standard InChI is InChI=1S/C29H23N3OS/c33-28(31-27(24-12-6-2-7-13-24)25-14-8-3-9-15-25)32-29-30-26(20-34-29)23-18-16-22(17-19-23)21-10-4-1-5-11-21/h1-20,27H,(H2,30,31,32,33). The van der Waals surface area contributed by atoms with E-state index in [1.165, 1.54) is 16.9 Å². The highest BCUT2D eigenvalue weighted by molar-refractivity contribution is 7.14. The van der Waals surface area contributed by atoms with Crippen LogP contribution in [0.5, 0.6) is 0 Å². The van der Waals surface area contributed by atoms with Gasteiger partial charge in [-0.15, -0.1) is 11.3 Å². The minimum absolute atomic E-state index is 0.257. The van der Waals surface area contributed by atoms with Crippen LogP contribution in [0.3, 0.4) is 0 Å². The van der Waals surface area contributed by atoms with Crippen LogP contribution in [0.2, 0.25) is 0 Å². The first kappa shape index (κ1) is 21.6. The van der Waals surface area contributed by atoms with Gasteiger partial charge in [-0.25, -0.2) is 9.78 Å². The Bertz CT molecular complexity index is 1310. The Labute approximate surface area is 203 Å². The number of hydrogen-bond donors (Lipinski definition) is 2. The van der Waals surface area contributed by atoms with Crippen molar-refractivity contribution in [3.8, 4) is 22.4 Å². The van der Waals surface area contributed by atoms with Crippen LogP contribution in [-0.2, 0) is 0 Å². The van der Waals surface area contributed by atoms with E-state index in [4.69, 9.17) is 0 Å². The van der Waals surface area contributed by atoms with Crippen molar-refractivity contribution in [2.24, 2.45) is 0 Å². The summed E-state index contributed by atoms with van der Waals surface area (Å²) in [6, 6.07) is 37.9. The molecule has 2 N–H and O–H groups in total. The molecule has 1 aromatic heterocycles. The molecule has 5 aromatic rings. The molecule has 1 heterocycles. The zero-order valence-electron chi connectivity index (χ0n) is 18.4. The number of benzene rings is 4. The lowest BCUT2D eigenvalue weighted by molar-refractivity contribution is 0.250. The molecule has 34 heavy (non-hydrogen) atoms. The number of urea groups is 1. The van der Waals surface area contributed by atoms with Gasteiger partial charge >= 0.3 is 6.03 Å². The molecule has 0 aliphatic rings. The lowest BCUT2D eigenvalue weighted by atomic mass is 9.99. The number of anilines is 1. The highest BCUT2D eigenvalue weighted by Crippen LogP contribution is 2.28. The minimum Gasteiger partial charge on any atom is -0.327 e. The lowest BCUT2D eigenvalue weighted by Gasteiger charge is -2.19. The van der Waals surface area contributed by atoms with Crippen molar-refractivity contribution >= 4 is 22.5 Å². The predicted molar refractivity (Wildman–Crippen MR) is 140 cm³/mol. The summed E-state index contributed by atoms with van der Waals surface area (Å²) in [5, 5.41) is 8.50. The normalized spacial score (nSPS) is 10.7. The van der Waals surface area contributed by atoms with Gasteiger partial charge in [0, 0.05) is 10.9 Å². The Morgan fingerprint density at radius 2 is 1.15 bits per heavy atom. The van der Waals surface area contributed by atoms with Gasteiger partial charge in [-0.2, -0.15) is 0 Å². The number of carbonyl (C=O) groups excluding carboxylic acids is 1. The summed E-state index contributed by atoms with van der Waals surface area (Å²) in [7, 11) is 0. The SMILES string of the molecule is O=C(Nc1nc(-c2ccc(-c3ccccc3)cc2)cs1)NC(c1ccccc1)c1ccccc1. The Morgan fingerprint density at radius 1 is 0.647 bits per heavy atom. The van der Waals surface area contributed by atoms with E-state index in [0.29, 0.717) is 5.13 Å². The lowest BCUT2D eigenvalue weighted by Crippen LogP contribution is -2.33. The van der Waals surface area contributed by atoms with Gasteiger partial charge < -0.3 is 5.32 Å². The van der Waals surface area contributed by atoms with E-state index in [2.05, 4.69) is 52.0 Å². The van der Waals surface area contributed by atoms with Crippen LogP contribution in [0.1, 0.15) is 17.2 Å². The number of rotatable bonds is 6. The van der Waals surface area contributed by atoms with Gasteiger partial charge in [-0.3, -0.25) is 5.32 Å². The first-order valence-corrected chi connectivity index (χ1v) is 11.9. The summed E-state index contributed by atoms with van der Waals surface area (Å²) in [4.78, 5) is 17.5. The fourth-order valence-electron chi connectivity index (χ4n) is 3.84. The number of nitrogens with one attached hydrogen (secondary N) is 2. The van der Waals surface area contributed by atoms with E-state index in [0.717, 1.165) is 27.9 Å². The molecule has 0 atom stereocenters. The maximum atomic E-state index is 12.9. The molecule has 0 aliphatic heterocycles. The minimum atomic E-state index is -0.293. The third-order valence-corrected chi connectivity index (χ3v) is 6.31. The second kappa shape index (κ2) is 10.1. The molecule has 5 rings (SSSR count). The third kappa shape index (κ3) is 5.05. The molecule has 0 bridgehead atoms. The second-order valence-electron chi connectivity index (χ2n) is 7.83. The molecule has 166 valence electrons. The molecule has 4 nitrogen and oxygen atoms in total. The van der Waals surface area contributed by atoms with Crippen molar-refractivity contribution in [3.05, 3.63) is 132 Å². The fourth-order valence-corrected chi connectivity index (χ4v) is 4.56. The number of nitrogens with zero attached hydrogens (tertiary/aromatic N) is 1. The second-order valence-corrected chi connectivity index (χ2v) is 8.69. The first-order chi connectivity index (χ1) is 16.8. The zero-order valence-corrected chi connectivity index (χ0v) is 19.2. The van der Waals surface area contributed by atoms with Gasteiger partial charge in [0.05, 0.1) is 11.7 Å². The fraction of sp³-hybridized carbons (Fsp3) is 0.0345. The molecule has 0 saturated heterocycles. The summed E-state index contributed by atoms with van der Waals surface area (Å²) in [6.45, 7) is 0. The quantitative estimate of drug-likeness (QED) is 0.277. The molecule has 5 heteroatoms. The average molecular weight is 462 g/mol. The van der Waals surface area contributed by atoms with Gasteiger partial charge in [0.15, 0.2) is 5.13 Å². The van der Waals surface area contributed by atoms with E-state index >= 15 is 0 Å². The van der Waals surface area contributed by atoms with E-state index in [9.17, 15) is 4.79 Å². The zero-order chi connectivity index (χ0) is 23.2. The highest BCUT2D eigenvalue weighted by Gasteiger charge is 2.17. The van der Waals surface area contributed by atoms with Crippen molar-refractivity contribution < 1.29 is 4.79 Å². The van der Waals surface area contributed by atoms with Crippen molar-refractivity contribution in [2.75, 3.05) is 5.32 Å². The van der Waals surface area contributed by atoms with Crippen LogP contribution < -0.4 is 10.6 Å². The molecule has 2 amide bonds. The average Bonchev–Trinajstić information content (AvgIpc) is 3.37. The van der Waals surface area contributed by atoms with E-state index in [1.54, 1.807) is 0 Å². The van der Waals surface area contributed by atoms with Crippen molar-refractivity contribution in [3.63, 3.8) is 0 Å². The predicted octanol–water partition coefficient (Wildman–Crippen LogP) is 7.39. The molecule has 0 aliphatic carbocycles. The number of aromatic nitrogens is 1. The van der Waals surface area contributed by atoms with Crippen LogP contribution >= 0.6 is 11.3 Å². The molecule has 0 fully saturated rings. The summed E-state index contributed by atoms with van der Waals surface area (Å²) in [5.74, 6) is 0. The molecule has 4 aromatic carbocycles. The van der Waals surface area contributed by atoms with Crippen molar-refractivity contribution in [1.29, 1.82) is 0 Å². The number of carbonyl (C=O) groups is 1. The summed E-state index contributed by atoms with van der Waals surface area (Å²) in [6.07, 6.45) is 0. The van der Waals surface area contributed by atoms with Crippen LogP contribution in [0.25, 0.3) is 22.4 Å². The highest BCUT2D eigenvalue weighted by atomic mass is 32.1. The van der Waals surface area contributed by atoms with Crippen LogP contribution in [0.4, 0.5) is 9.93 Å². The maximum absolute atomic E-state index is 12.9. The third-order valence-electron chi connectivity index (χ3n) is 5.55. The van der Waals surface area contributed by atoms with Crippen LogP contribution in [0, 0.1) is 0 Å². The summed E-state index contributed by atoms with van der Waals surface area (Å²) in [5.41, 5.74) is 6.21. The van der Waals surface area contributed by atoms with E-state index < -0.39 is 0 Å². The Morgan fingerprint density at radius 3 is 1.74 bits per heavy atom. The molecule has 0 saturated carbocycles. The van der Waals surface area contributed by atoms with Gasteiger partial charge in [0.2, 0.25) is 0 Å². The van der Waals surface area contributed by atoms with Gasteiger partial charge in [-0.1, -0.05) is 115 Å². The van der Waals surface area contributed by atoms with Crippen molar-refractivity contribution in [2.45, 2.75) is 6.04 Å². The molecular formula is C29H23N3OS. The number of amides is 2. The first-order valence-electron chi connectivity index (χ1n) is 11.0. The van der Waals surface area contributed by atoms with E-state index in [-0.39, 0.29) is 12.1 Å². The Balaban J connectivity index is 1.29. The largest absolute Gasteiger partial charge is 0.327 e. The smallest absolute Gasteiger partial charge is 0.321 e. The van der Waals surface area contributed by atoms with Crippen molar-refractivity contribution in [1.82, 2.24) is 10.3 Å². The number of thiazole rings is 1. The monoisotopic (exact) mass is 461 g/mol. The topological polar surface area (TPSA) is 54.0 Å². The van der Waals surface area contributed by atoms with Gasteiger partial charge in [0.25, 0.3) is 0 Å². The van der Waals surface area contributed by atoms with Crippen LogP contribution in [0.15, 0.2) is 121 Å². The number of hydrogen-bond acceptors (Lipinski definition) is 3. The maximum Gasteiger partial charge on any atom is 0.321 e. The Kier molecular flexibility index (Phi) is 6.45.